The molecule has 14 heavy (non-hydrogen) atoms. The molecule has 0 aromatic carbocycles. The minimum absolute atomic E-state index is 0.119. The van der Waals surface area contributed by atoms with E-state index >= 15 is 0 Å². The summed E-state index contributed by atoms with van der Waals surface area (Å²) in [6.07, 6.45) is -0.784. The normalized spacial score (nSPS) is 14.7. The summed E-state index contributed by atoms with van der Waals surface area (Å²) >= 11 is 0. The first-order chi connectivity index (χ1) is 6.34. The molecule has 0 aliphatic carbocycles. The van der Waals surface area contributed by atoms with Crippen molar-refractivity contribution in [1.82, 2.24) is 0 Å². The molecule has 0 aromatic heterocycles. The molecule has 0 heterocycles. The third kappa shape index (κ3) is 4.84. The van der Waals surface area contributed by atoms with Gasteiger partial charge in [0.15, 0.2) is 0 Å². The van der Waals surface area contributed by atoms with E-state index in [0.29, 0.717) is 0 Å². The summed E-state index contributed by atoms with van der Waals surface area (Å²) in [5, 5.41) is 0. The Morgan fingerprint density at radius 3 is 1.64 bits per heavy atom. The fourth-order valence-electron chi connectivity index (χ4n) is 1.29. The van der Waals surface area contributed by atoms with Crippen molar-refractivity contribution in [3.8, 4) is 0 Å². The van der Waals surface area contributed by atoms with Crippen molar-refractivity contribution in [2.45, 2.75) is 46.8 Å². The maximum absolute atomic E-state index is 10.8. The molecule has 4 nitrogen and oxygen atoms in total. The van der Waals surface area contributed by atoms with Gasteiger partial charge in [-0.2, -0.15) is 0 Å². The van der Waals surface area contributed by atoms with Gasteiger partial charge >= 0.3 is 11.9 Å². The zero-order valence-electron chi connectivity index (χ0n) is 9.37. The second kappa shape index (κ2) is 5.62. The first-order valence-electron chi connectivity index (χ1n) is 4.69. The molecule has 0 aliphatic heterocycles. The molecule has 82 valence electrons. The van der Waals surface area contributed by atoms with Crippen LogP contribution < -0.4 is 0 Å². The van der Waals surface area contributed by atoms with Gasteiger partial charge in [-0.05, 0) is 12.8 Å². The fraction of sp³-hybridized carbons (Fsp3) is 0.800. The van der Waals surface area contributed by atoms with Gasteiger partial charge in [-0.3, -0.25) is 9.59 Å². The lowest BCUT2D eigenvalue weighted by molar-refractivity contribution is -0.167. The Hall–Kier alpha value is -1.06. The number of hydrogen-bond acceptors (Lipinski definition) is 4. The van der Waals surface area contributed by atoms with Crippen molar-refractivity contribution in [2.75, 3.05) is 0 Å². The average molecular weight is 202 g/mol. The van der Waals surface area contributed by atoms with Crippen molar-refractivity contribution in [3.05, 3.63) is 0 Å². The zero-order chi connectivity index (χ0) is 11.3. The Labute approximate surface area is 84.6 Å². The van der Waals surface area contributed by atoms with Crippen LogP contribution in [-0.4, -0.2) is 24.1 Å². The lowest BCUT2D eigenvalue weighted by Gasteiger charge is -2.26. The van der Waals surface area contributed by atoms with Crippen LogP contribution in [0, 0.1) is 5.92 Å². The molecule has 4 heteroatoms. The highest BCUT2D eigenvalue weighted by molar-refractivity contribution is 5.67. The van der Waals surface area contributed by atoms with Gasteiger partial charge < -0.3 is 9.47 Å². The molecule has 0 amide bonds. The van der Waals surface area contributed by atoms with Crippen molar-refractivity contribution in [2.24, 2.45) is 5.92 Å². The Morgan fingerprint density at radius 2 is 1.36 bits per heavy atom. The number of hydrogen-bond donors (Lipinski definition) is 0. The van der Waals surface area contributed by atoms with Crippen LogP contribution in [-0.2, 0) is 19.1 Å². The summed E-state index contributed by atoms with van der Waals surface area (Å²) in [7, 11) is 0. The number of carbonyl (C=O) groups excluding carboxylic acids is 2. The van der Waals surface area contributed by atoms with Crippen LogP contribution in [0.1, 0.15) is 34.6 Å². The van der Waals surface area contributed by atoms with Crippen LogP contribution in [0.5, 0.6) is 0 Å². The third-order valence-corrected chi connectivity index (χ3v) is 1.77. The summed E-state index contributed by atoms with van der Waals surface area (Å²) in [4.78, 5) is 21.5. The average Bonchev–Trinajstić information content (AvgIpc) is 1.97. The second-order valence-corrected chi connectivity index (χ2v) is 3.63. The van der Waals surface area contributed by atoms with Crippen LogP contribution in [0.4, 0.5) is 0 Å². The molecule has 0 spiro atoms. The van der Waals surface area contributed by atoms with Crippen LogP contribution >= 0.6 is 0 Å². The number of rotatable bonds is 4. The largest absolute Gasteiger partial charge is 0.459 e. The molecule has 0 aliphatic rings. The van der Waals surface area contributed by atoms with Crippen LogP contribution in [0.3, 0.4) is 0 Å². The van der Waals surface area contributed by atoms with Crippen molar-refractivity contribution in [3.63, 3.8) is 0 Å². The van der Waals surface area contributed by atoms with E-state index < -0.39 is 6.10 Å². The van der Waals surface area contributed by atoms with Crippen molar-refractivity contribution < 1.29 is 19.1 Å². The summed E-state index contributed by atoms with van der Waals surface area (Å²) in [6.45, 7) is 8.22. The van der Waals surface area contributed by atoms with E-state index in [1.54, 1.807) is 6.92 Å². The van der Waals surface area contributed by atoms with Gasteiger partial charge in [0.05, 0.1) is 0 Å². The highest BCUT2D eigenvalue weighted by Gasteiger charge is 2.25. The van der Waals surface area contributed by atoms with Crippen molar-refractivity contribution >= 4 is 11.9 Å². The molecule has 0 bridgehead atoms. The summed E-state index contributed by atoms with van der Waals surface area (Å²) in [5.41, 5.74) is 0. The molecular weight excluding hydrogens is 184 g/mol. The summed E-state index contributed by atoms with van der Waals surface area (Å²) < 4.78 is 10.0. The topological polar surface area (TPSA) is 52.6 Å². The molecule has 0 radical (unpaired) electrons. The number of esters is 2. The molecule has 0 aromatic rings. The first-order valence-corrected chi connectivity index (χ1v) is 4.69. The lowest BCUT2D eigenvalue weighted by Crippen LogP contribution is -2.36. The van der Waals surface area contributed by atoms with E-state index in [2.05, 4.69) is 0 Å². The van der Waals surface area contributed by atoms with E-state index in [1.807, 2.05) is 13.8 Å². The van der Waals surface area contributed by atoms with Gasteiger partial charge in [0.25, 0.3) is 0 Å². The molecule has 0 N–H and O–H groups in total. The zero-order valence-corrected chi connectivity index (χ0v) is 9.37. The van der Waals surface area contributed by atoms with E-state index in [0.717, 1.165) is 0 Å². The lowest BCUT2D eigenvalue weighted by atomic mass is 10.0. The molecular formula is C10H18O4. The Kier molecular flexibility index (Phi) is 5.20. The second-order valence-electron chi connectivity index (χ2n) is 3.63. The minimum atomic E-state index is -0.406. The Morgan fingerprint density at radius 1 is 0.929 bits per heavy atom. The SMILES string of the molecule is CC(=O)O[C@H](C(C)C)[C@@H](C)OC(C)=O. The molecule has 0 unspecified atom stereocenters. The molecule has 2 atom stereocenters. The fourth-order valence-corrected chi connectivity index (χ4v) is 1.29. The van der Waals surface area contributed by atoms with E-state index in [9.17, 15) is 9.59 Å². The molecule has 0 saturated carbocycles. The van der Waals surface area contributed by atoms with E-state index in [1.165, 1.54) is 13.8 Å². The standard InChI is InChI=1S/C10H18O4/c1-6(2)10(14-9(5)12)7(3)13-8(4)11/h6-7,10H,1-5H3/t7-,10-/m1/s1. The van der Waals surface area contributed by atoms with Gasteiger partial charge in [-0.1, -0.05) is 13.8 Å². The van der Waals surface area contributed by atoms with E-state index in [-0.39, 0.29) is 24.0 Å². The molecule has 0 saturated heterocycles. The van der Waals surface area contributed by atoms with E-state index in [4.69, 9.17) is 9.47 Å². The van der Waals surface area contributed by atoms with Gasteiger partial charge in [-0.15, -0.1) is 0 Å². The van der Waals surface area contributed by atoms with Crippen LogP contribution in [0.2, 0.25) is 0 Å². The van der Waals surface area contributed by atoms with Gasteiger partial charge in [0.1, 0.15) is 12.2 Å². The Balaban J connectivity index is 4.32. The highest BCUT2D eigenvalue weighted by Crippen LogP contribution is 2.14. The van der Waals surface area contributed by atoms with Crippen molar-refractivity contribution in [1.29, 1.82) is 0 Å². The predicted octanol–water partition coefficient (Wildman–Crippen LogP) is 1.53. The number of ether oxygens (including phenoxy) is 2. The quantitative estimate of drug-likeness (QED) is 0.649. The smallest absolute Gasteiger partial charge is 0.303 e. The highest BCUT2D eigenvalue weighted by atomic mass is 16.6. The van der Waals surface area contributed by atoms with Gasteiger partial charge in [0.2, 0.25) is 0 Å². The van der Waals surface area contributed by atoms with Gasteiger partial charge in [-0.25, -0.2) is 0 Å². The maximum Gasteiger partial charge on any atom is 0.303 e. The number of carbonyl (C=O) groups is 2. The predicted molar refractivity (Wildman–Crippen MR) is 51.6 cm³/mol. The first kappa shape index (κ1) is 12.9. The van der Waals surface area contributed by atoms with Gasteiger partial charge in [0, 0.05) is 13.8 Å². The monoisotopic (exact) mass is 202 g/mol. The molecule has 0 rings (SSSR count). The Bertz CT molecular complexity index is 210. The molecule has 0 fully saturated rings. The summed E-state index contributed by atoms with van der Waals surface area (Å²) in [5.74, 6) is -0.605. The minimum Gasteiger partial charge on any atom is -0.459 e. The summed E-state index contributed by atoms with van der Waals surface area (Å²) in [6, 6.07) is 0. The van der Waals surface area contributed by atoms with Crippen LogP contribution in [0.25, 0.3) is 0 Å². The third-order valence-electron chi connectivity index (χ3n) is 1.77. The maximum atomic E-state index is 10.8. The van der Waals surface area contributed by atoms with Crippen LogP contribution in [0.15, 0.2) is 0 Å².